The van der Waals surface area contributed by atoms with Crippen molar-refractivity contribution < 1.29 is 23.7 Å². The number of nitrogens with two attached hydrogens (primary N) is 1. The van der Waals surface area contributed by atoms with Gasteiger partial charge in [-0.1, -0.05) is 71.7 Å². The van der Waals surface area contributed by atoms with E-state index in [1.54, 1.807) is 30.3 Å². The number of fused-ring (bicyclic) bond motifs is 2. The molecule has 4 aromatic carbocycles. The van der Waals surface area contributed by atoms with Crippen LogP contribution in [0.5, 0.6) is 23.0 Å². The molecule has 10 heteroatoms. The number of nitriles is 1. The average molecular weight is 644 g/mol. The van der Waals surface area contributed by atoms with Gasteiger partial charge in [0.1, 0.15) is 34.6 Å². The maximum absolute atomic E-state index is 13.1. The highest BCUT2D eigenvalue weighted by Crippen LogP contribution is 2.45. The lowest BCUT2D eigenvalue weighted by Gasteiger charge is -2.27. The van der Waals surface area contributed by atoms with Crippen molar-refractivity contribution in [3.8, 4) is 29.1 Å². The number of esters is 1. The third-order valence-corrected chi connectivity index (χ3v) is 9.09. The largest absolute Gasteiger partial charge is 0.490 e. The zero-order valence-corrected chi connectivity index (χ0v) is 25.6. The van der Waals surface area contributed by atoms with E-state index >= 15 is 0 Å². The summed E-state index contributed by atoms with van der Waals surface area (Å²) < 4.78 is 24.4. The first kappa shape index (κ1) is 29.4. The fourth-order valence-electron chi connectivity index (χ4n) is 5.00. The number of benzene rings is 4. The number of carbonyl (C=O) groups is 1. The molecule has 220 valence electrons. The summed E-state index contributed by atoms with van der Waals surface area (Å²) in [6.45, 7) is 2.53. The van der Waals surface area contributed by atoms with E-state index in [2.05, 4.69) is 6.07 Å². The summed E-state index contributed by atoms with van der Waals surface area (Å²) in [5, 5.41) is 11.8. The number of carbonyl (C=O) groups excluding carboxylic acids is 1. The molecule has 0 fully saturated rings. The van der Waals surface area contributed by atoms with Crippen LogP contribution in [0.25, 0.3) is 10.1 Å². The molecule has 7 nitrogen and oxygen atoms in total. The molecule has 0 bridgehead atoms. The molecule has 0 spiro atoms. The predicted molar refractivity (Wildman–Crippen MR) is 171 cm³/mol. The lowest BCUT2D eigenvalue weighted by Crippen LogP contribution is -2.21. The molecule has 2 heterocycles. The van der Waals surface area contributed by atoms with Crippen LogP contribution in [0.1, 0.15) is 39.2 Å². The Hall–Kier alpha value is -4.68. The van der Waals surface area contributed by atoms with E-state index in [4.69, 9.17) is 47.9 Å². The second kappa shape index (κ2) is 12.5. The van der Waals surface area contributed by atoms with Crippen LogP contribution in [0, 0.1) is 11.3 Å². The average Bonchev–Trinajstić information content (AvgIpc) is 3.37. The first-order chi connectivity index (χ1) is 21.4. The summed E-state index contributed by atoms with van der Waals surface area (Å²) in [5.41, 5.74) is 8.73. The van der Waals surface area contributed by atoms with Gasteiger partial charge in [0.15, 0.2) is 11.5 Å². The van der Waals surface area contributed by atoms with Gasteiger partial charge in [0, 0.05) is 32.3 Å². The van der Waals surface area contributed by atoms with Crippen molar-refractivity contribution in [2.24, 2.45) is 5.73 Å². The fourth-order valence-corrected chi connectivity index (χ4v) is 6.58. The molecular weight excluding hydrogens is 619 g/mol. The van der Waals surface area contributed by atoms with Crippen LogP contribution in [0.4, 0.5) is 0 Å². The number of thiophene rings is 1. The fraction of sp³-hybridized carbons (Fsp3) is 0.118. The Morgan fingerprint density at radius 1 is 1.00 bits per heavy atom. The van der Waals surface area contributed by atoms with E-state index in [9.17, 15) is 10.1 Å². The standard InChI is InChI=1S/C34H24Cl2N2O5S/c1-2-40-28-15-19(11-14-26(28)41-18-20-7-3-5-9-25(20)35)30-22-13-12-21(16-27(22)43-33(38)24(30)17-37)42-34(39)32-31(36)23-8-4-6-10-29(23)44-32/h3-16,30H,2,18,38H2,1H3. The highest BCUT2D eigenvalue weighted by molar-refractivity contribution is 7.21. The normalized spacial score (nSPS) is 14.0. The van der Waals surface area contributed by atoms with Gasteiger partial charge in [-0.2, -0.15) is 5.26 Å². The third-order valence-electron chi connectivity index (χ3n) is 7.06. The van der Waals surface area contributed by atoms with E-state index < -0.39 is 11.9 Å². The van der Waals surface area contributed by atoms with Crippen LogP contribution in [-0.4, -0.2) is 12.6 Å². The highest BCUT2D eigenvalue weighted by Gasteiger charge is 2.32. The van der Waals surface area contributed by atoms with Crippen LogP contribution in [0.15, 0.2) is 96.4 Å². The van der Waals surface area contributed by atoms with Crippen LogP contribution in [0.2, 0.25) is 10.0 Å². The van der Waals surface area contributed by atoms with Crippen molar-refractivity contribution in [3.05, 3.63) is 128 Å². The lowest BCUT2D eigenvalue weighted by atomic mass is 9.83. The summed E-state index contributed by atoms with van der Waals surface area (Å²) in [5.74, 6) is 0.440. The van der Waals surface area contributed by atoms with Crippen molar-refractivity contribution >= 4 is 50.6 Å². The predicted octanol–water partition coefficient (Wildman–Crippen LogP) is 8.62. The van der Waals surface area contributed by atoms with Crippen LogP contribution >= 0.6 is 34.5 Å². The van der Waals surface area contributed by atoms with E-state index in [1.807, 2.05) is 61.5 Å². The highest BCUT2D eigenvalue weighted by atomic mass is 35.5. The zero-order valence-electron chi connectivity index (χ0n) is 23.3. The molecule has 1 aliphatic rings. The third kappa shape index (κ3) is 5.65. The summed E-state index contributed by atoms with van der Waals surface area (Å²) in [6.07, 6.45) is 0. The molecule has 2 N–H and O–H groups in total. The van der Waals surface area contributed by atoms with E-state index in [0.717, 1.165) is 21.2 Å². The maximum atomic E-state index is 13.1. The number of ether oxygens (including phenoxy) is 4. The number of allylic oxidation sites excluding steroid dienone is 1. The zero-order chi connectivity index (χ0) is 30.8. The first-order valence-corrected chi connectivity index (χ1v) is 15.2. The Kier molecular flexibility index (Phi) is 8.36. The van der Waals surface area contributed by atoms with Crippen molar-refractivity contribution in [2.75, 3.05) is 6.61 Å². The molecule has 6 rings (SSSR count). The molecule has 1 aromatic heterocycles. The number of nitrogens with zero attached hydrogens (tertiary/aromatic N) is 1. The first-order valence-electron chi connectivity index (χ1n) is 13.6. The van der Waals surface area contributed by atoms with Gasteiger partial charge in [-0.05, 0) is 42.8 Å². The van der Waals surface area contributed by atoms with Gasteiger partial charge in [-0.25, -0.2) is 4.79 Å². The molecule has 0 saturated heterocycles. The summed E-state index contributed by atoms with van der Waals surface area (Å²) in [4.78, 5) is 13.4. The van der Waals surface area contributed by atoms with E-state index in [0.29, 0.717) is 44.3 Å². The molecule has 0 amide bonds. The monoisotopic (exact) mass is 642 g/mol. The Morgan fingerprint density at radius 2 is 1.80 bits per heavy atom. The molecular formula is C34H24Cl2N2O5S. The number of halogens is 2. The number of hydrogen-bond acceptors (Lipinski definition) is 8. The molecule has 1 atom stereocenters. The van der Waals surface area contributed by atoms with Gasteiger partial charge in [-0.15, -0.1) is 11.3 Å². The van der Waals surface area contributed by atoms with E-state index in [1.165, 1.54) is 11.3 Å². The Balaban J connectivity index is 1.30. The molecule has 0 saturated carbocycles. The van der Waals surface area contributed by atoms with Gasteiger partial charge in [0.2, 0.25) is 5.88 Å². The van der Waals surface area contributed by atoms with Crippen LogP contribution < -0.4 is 24.7 Å². The number of hydrogen-bond donors (Lipinski definition) is 1. The summed E-state index contributed by atoms with van der Waals surface area (Å²) in [7, 11) is 0. The van der Waals surface area contributed by atoms with Gasteiger partial charge >= 0.3 is 5.97 Å². The van der Waals surface area contributed by atoms with Gasteiger partial charge in [-0.3, -0.25) is 0 Å². The number of rotatable bonds is 8. The quantitative estimate of drug-likeness (QED) is 0.133. The minimum absolute atomic E-state index is 0.0435. The minimum atomic E-state index is -0.585. The van der Waals surface area contributed by atoms with Gasteiger partial charge < -0.3 is 24.7 Å². The maximum Gasteiger partial charge on any atom is 0.355 e. The molecule has 1 unspecified atom stereocenters. The molecule has 0 aliphatic carbocycles. The van der Waals surface area contributed by atoms with Crippen LogP contribution in [-0.2, 0) is 6.61 Å². The van der Waals surface area contributed by atoms with Crippen molar-refractivity contribution in [1.82, 2.24) is 0 Å². The molecule has 44 heavy (non-hydrogen) atoms. The SMILES string of the molecule is CCOc1cc(C2C(C#N)=C(N)Oc3cc(OC(=O)c4sc5ccccc5c4Cl)ccc32)ccc1OCc1ccccc1Cl. The van der Waals surface area contributed by atoms with Crippen molar-refractivity contribution in [2.45, 2.75) is 19.4 Å². The topological polar surface area (TPSA) is 104 Å². The molecule has 5 aromatic rings. The van der Waals surface area contributed by atoms with Crippen molar-refractivity contribution in [1.29, 1.82) is 5.26 Å². The second-order valence-corrected chi connectivity index (χ2v) is 11.6. The van der Waals surface area contributed by atoms with Gasteiger partial charge in [0.25, 0.3) is 0 Å². The Labute approximate surface area is 267 Å². The molecule has 1 aliphatic heterocycles. The minimum Gasteiger partial charge on any atom is -0.490 e. The van der Waals surface area contributed by atoms with E-state index in [-0.39, 0.29) is 23.8 Å². The smallest absolute Gasteiger partial charge is 0.355 e. The molecule has 0 radical (unpaired) electrons. The van der Waals surface area contributed by atoms with Crippen molar-refractivity contribution in [3.63, 3.8) is 0 Å². The van der Waals surface area contributed by atoms with Crippen LogP contribution in [0.3, 0.4) is 0 Å². The Bertz CT molecular complexity index is 1980. The Morgan fingerprint density at radius 3 is 2.57 bits per heavy atom. The van der Waals surface area contributed by atoms with Gasteiger partial charge in [0.05, 0.1) is 17.5 Å². The summed E-state index contributed by atoms with van der Waals surface area (Å²) in [6, 6.07) is 27.6. The lowest BCUT2D eigenvalue weighted by molar-refractivity contribution is 0.0740. The summed E-state index contributed by atoms with van der Waals surface area (Å²) >= 11 is 14.0. The second-order valence-electron chi connectivity index (χ2n) is 9.77.